The van der Waals surface area contributed by atoms with Crippen LogP contribution in [0.1, 0.15) is 58.8 Å². The quantitative estimate of drug-likeness (QED) is 0.840. The maximum absolute atomic E-state index is 11.7. The largest absolute Gasteiger partial charge is 0.481 e. The van der Waals surface area contributed by atoms with E-state index in [2.05, 4.69) is 18.7 Å². The van der Waals surface area contributed by atoms with Crippen molar-refractivity contribution >= 4 is 5.97 Å². The summed E-state index contributed by atoms with van der Waals surface area (Å²) in [5.74, 6) is 0.156. The van der Waals surface area contributed by atoms with E-state index < -0.39 is 11.4 Å². The first-order valence-corrected chi connectivity index (χ1v) is 7.51. The normalized spacial score (nSPS) is 33.2. The second-order valence-corrected chi connectivity index (χ2v) is 6.61. The molecule has 2 aliphatic rings. The molecule has 0 bridgehead atoms. The molecule has 2 rings (SSSR count). The van der Waals surface area contributed by atoms with Crippen LogP contribution in [-0.2, 0) is 4.79 Å². The summed E-state index contributed by atoms with van der Waals surface area (Å²) in [6.07, 6.45) is 7.64. The van der Waals surface area contributed by atoms with Gasteiger partial charge in [-0.2, -0.15) is 0 Å². The van der Waals surface area contributed by atoms with Gasteiger partial charge in [0, 0.05) is 19.1 Å². The highest BCUT2D eigenvalue weighted by atomic mass is 16.4. The molecule has 0 radical (unpaired) electrons. The molecule has 1 aliphatic heterocycles. The van der Waals surface area contributed by atoms with Crippen LogP contribution >= 0.6 is 0 Å². The second kappa shape index (κ2) is 5.60. The van der Waals surface area contributed by atoms with E-state index in [-0.39, 0.29) is 0 Å². The molecule has 1 saturated carbocycles. The lowest BCUT2D eigenvalue weighted by molar-refractivity contribution is -0.153. The minimum atomic E-state index is -0.562. The molecule has 1 saturated heterocycles. The molecule has 3 nitrogen and oxygen atoms in total. The Kier molecular flexibility index (Phi) is 4.31. The Morgan fingerprint density at radius 2 is 1.89 bits per heavy atom. The number of likely N-dealkylation sites (tertiary alicyclic amines) is 1. The third kappa shape index (κ3) is 2.87. The molecule has 0 aromatic rings. The molecule has 0 amide bonds. The minimum absolute atomic E-state index is 0.455. The standard InChI is InChI=1S/C15H27NO2/c1-12-6-7-13(2)16(10-12)11-15(14(17)18)8-4-3-5-9-15/h12-13H,3-11H2,1-2H3,(H,17,18). The van der Waals surface area contributed by atoms with Gasteiger partial charge in [-0.15, -0.1) is 0 Å². The van der Waals surface area contributed by atoms with Crippen LogP contribution in [0.25, 0.3) is 0 Å². The summed E-state index contributed by atoms with van der Waals surface area (Å²) in [7, 11) is 0. The summed E-state index contributed by atoms with van der Waals surface area (Å²) in [4.78, 5) is 14.1. The SMILES string of the molecule is CC1CCC(C)N(CC2(C(=O)O)CCCCC2)C1. The summed E-state index contributed by atoms with van der Waals surface area (Å²) < 4.78 is 0. The second-order valence-electron chi connectivity index (χ2n) is 6.61. The highest BCUT2D eigenvalue weighted by Crippen LogP contribution is 2.39. The molecule has 0 spiro atoms. The van der Waals surface area contributed by atoms with Gasteiger partial charge in [0.25, 0.3) is 0 Å². The zero-order chi connectivity index (χ0) is 13.2. The zero-order valence-corrected chi connectivity index (χ0v) is 11.8. The number of hydrogen-bond acceptors (Lipinski definition) is 2. The monoisotopic (exact) mass is 253 g/mol. The van der Waals surface area contributed by atoms with Crippen LogP contribution in [0.5, 0.6) is 0 Å². The van der Waals surface area contributed by atoms with Gasteiger partial charge in [-0.25, -0.2) is 0 Å². The van der Waals surface area contributed by atoms with Gasteiger partial charge in [0.2, 0.25) is 0 Å². The highest BCUT2D eigenvalue weighted by Gasteiger charge is 2.42. The number of rotatable bonds is 3. The van der Waals surface area contributed by atoms with Crippen molar-refractivity contribution in [1.82, 2.24) is 4.90 Å². The summed E-state index contributed by atoms with van der Waals surface area (Å²) in [6, 6.07) is 0.555. The van der Waals surface area contributed by atoms with E-state index in [1.165, 1.54) is 19.3 Å². The van der Waals surface area contributed by atoms with Gasteiger partial charge < -0.3 is 5.11 Å². The lowest BCUT2D eigenvalue weighted by Crippen LogP contribution is -2.50. The van der Waals surface area contributed by atoms with Gasteiger partial charge >= 0.3 is 5.97 Å². The number of carbonyl (C=O) groups is 1. The van der Waals surface area contributed by atoms with Crippen LogP contribution in [0.15, 0.2) is 0 Å². The fraction of sp³-hybridized carbons (Fsp3) is 0.933. The van der Waals surface area contributed by atoms with Crippen LogP contribution in [0.2, 0.25) is 0 Å². The third-order valence-electron chi connectivity index (χ3n) is 5.02. The van der Waals surface area contributed by atoms with E-state index in [1.54, 1.807) is 0 Å². The molecule has 104 valence electrons. The van der Waals surface area contributed by atoms with Crippen molar-refractivity contribution in [2.24, 2.45) is 11.3 Å². The maximum atomic E-state index is 11.7. The minimum Gasteiger partial charge on any atom is -0.481 e. The fourth-order valence-electron chi connectivity index (χ4n) is 3.66. The van der Waals surface area contributed by atoms with Crippen molar-refractivity contribution in [3.05, 3.63) is 0 Å². The van der Waals surface area contributed by atoms with Crippen LogP contribution in [0.4, 0.5) is 0 Å². The topological polar surface area (TPSA) is 40.5 Å². The van der Waals surface area contributed by atoms with Gasteiger partial charge in [0.05, 0.1) is 5.41 Å². The summed E-state index contributed by atoms with van der Waals surface area (Å²) in [6.45, 7) is 6.39. The van der Waals surface area contributed by atoms with Crippen molar-refractivity contribution in [1.29, 1.82) is 0 Å². The Labute approximate surface area is 111 Å². The highest BCUT2D eigenvalue weighted by molar-refractivity contribution is 5.75. The van der Waals surface area contributed by atoms with Crippen molar-refractivity contribution in [2.75, 3.05) is 13.1 Å². The van der Waals surface area contributed by atoms with Crippen LogP contribution < -0.4 is 0 Å². The Bertz CT molecular complexity index is 297. The fourth-order valence-corrected chi connectivity index (χ4v) is 3.66. The molecule has 18 heavy (non-hydrogen) atoms. The average molecular weight is 253 g/mol. The van der Waals surface area contributed by atoms with E-state index in [9.17, 15) is 9.90 Å². The van der Waals surface area contributed by atoms with Crippen molar-refractivity contribution < 1.29 is 9.90 Å². The van der Waals surface area contributed by atoms with E-state index >= 15 is 0 Å². The van der Waals surface area contributed by atoms with Gasteiger partial charge in [0.15, 0.2) is 0 Å². The predicted molar refractivity (Wildman–Crippen MR) is 72.6 cm³/mol. The lowest BCUT2D eigenvalue weighted by Gasteiger charge is -2.43. The van der Waals surface area contributed by atoms with Crippen molar-refractivity contribution in [3.8, 4) is 0 Å². The first-order chi connectivity index (χ1) is 8.53. The van der Waals surface area contributed by atoms with Crippen molar-refractivity contribution in [3.63, 3.8) is 0 Å². The van der Waals surface area contributed by atoms with Crippen molar-refractivity contribution in [2.45, 2.75) is 64.8 Å². The molecule has 0 aromatic heterocycles. The van der Waals surface area contributed by atoms with Crippen LogP contribution in [0, 0.1) is 11.3 Å². The van der Waals surface area contributed by atoms with E-state index in [0.717, 1.165) is 44.7 Å². The van der Waals surface area contributed by atoms with Gasteiger partial charge in [-0.3, -0.25) is 9.69 Å². The number of carboxylic acids is 1. The first kappa shape index (κ1) is 13.9. The smallest absolute Gasteiger partial charge is 0.310 e. The molecule has 1 heterocycles. The number of piperidine rings is 1. The molecular formula is C15H27NO2. The summed E-state index contributed by atoms with van der Waals surface area (Å²) in [5, 5.41) is 9.64. The Morgan fingerprint density at radius 3 is 2.50 bits per heavy atom. The number of hydrogen-bond donors (Lipinski definition) is 1. The van der Waals surface area contributed by atoms with Gasteiger partial charge in [-0.1, -0.05) is 26.2 Å². The number of carboxylic acid groups (broad SMARTS) is 1. The van der Waals surface area contributed by atoms with E-state index in [0.29, 0.717) is 6.04 Å². The molecule has 0 aromatic carbocycles. The Morgan fingerprint density at radius 1 is 1.22 bits per heavy atom. The molecule has 2 fully saturated rings. The molecule has 2 unspecified atom stereocenters. The first-order valence-electron chi connectivity index (χ1n) is 7.51. The molecule has 1 N–H and O–H groups in total. The van der Waals surface area contributed by atoms with Gasteiger partial charge in [0.1, 0.15) is 0 Å². The Hall–Kier alpha value is -0.570. The van der Waals surface area contributed by atoms with Crippen LogP contribution in [0.3, 0.4) is 0 Å². The Balaban J connectivity index is 2.05. The van der Waals surface area contributed by atoms with Gasteiger partial charge in [-0.05, 0) is 38.5 Å². The predicted octanol–water partition coefficient (Wildman–Crippen LogP) is 3.14. The zero-order valence-electron chi connectivity index (χ0n) is 11.8. The molecule has 1 aliphatic carbocycles. The average Bonchev–Trinajstić information content (AvgIpc) is 2.35. The van der Waals surface area contributed by atoms with E-state index in [1.807, 2.05) is 0 Å². The maximum Gasteiger partial charge on any atom is 0.310 e. The number of nitrogens with zero attached hydrogens (tertiary/aromatic N) is 1. The molecule has 3 heteroatoms. The third-order valence-corrected chi connectivity index (χ3v) is 5.02. The summed E-state index contributed by atoms with van der Waals surface area (Å²) in [5.41, 5.74) is -0.455. The lowest BCUT2D eigenvalue weighted by atomic mass is 9.73. The molecular weight excluding hydrogens is 226 g/mol. The molecule has 2 atom stereocenters. The van der Waals surface area contributed by atoms with Crippen LogP contribution in [-0.4, -0.2) is 35.1 Å². The summed E-state index contributed by atoms with van der Waals surface area (Å²) >= 11 is 0. The van der Waals surface area contributed by atoms with E-state index in [4.69, 9.17) is 0 Å². The number of aliphatic carboxylic acids is 1.